The standard InChI is InChI=1S/C12H21N3O3S/c1-4-9(8-16)14-12-7-10(5-6-11(12)13)19(17,18)15(2)3/h5-7,9,14,16H,4,8,13H2,1-3H3. The van der Waals surface area contributed by atoms with E-state index in [1.807, 2.05) is 6.92 Å². The van der Waals surface area contributed by atoms with E-state index in [4.69, 9.17) is 10.8 Å². The van der Waals surface area contributed by atoms with Gasteiger partial charge in [-0.3, -0.25) is 0 Å². The fourth-order valence-corrected chi connectivity index (χ4v) is 2.46. The van der Waals surface area contributed by atoms with Crippen LogP contribution in [0.1, 0.15) is 13.3 Å². The maximum atomic E-state index is 12.0. The molecule has 19 heavy (non-hydrogen) atoms. The third-order valence-electron chi connectivity index (χ3n) is 2.88. The first-order chi connectivity index (χ1) is 8.82. The van der Waals surface area contributed by atoms with Gasteiger partial charge in [0, 0.05) is 20.1 Å². The smallest absolute Gasteiger partial charge is 0.242 e. The molecule has 1 aromatic carbocycles. The lowest BCUT2D eigenvalue weighted by Crippen LogP contribution is -2.25. The summed E-state index contributed by atoms with van der Waals surface area (Å²) in [4.78, 5) is 0.169. The molecule has 0 heterocycles. The van der Waals surface area contributed by atoms with Crippen molar-refractivity contribution < 1.29 is 13.5 Å². The van der Waals surface area contributed by atoms with Crippen LogP contribution in [-0.2, 0) is 10.0 Å². The Morgan fingerprint density at radius 2 is 2.05 bits per heavy atom. The lowest BCUT2D eigenvalue weighted by atomic mass is 10.2. The molecule has 0 radical (unpaired) electrons. The van der Waals surface area contributed by atoms with Crippen LogP contribution >= 0.6 is 0 Å². The zero-order valence-corrected chi connectivity index (χ0v) is 12.2. The van der Waals surface area contributed by atoms with Gasteiger partial charge in [0.25, 0.3) is 0 Å². The largest absolute Gasteiger partial charge is 0.397 e. The number of nitrogens with zero attached hydrogens (tertiary/aromatic N) is 1. The number of nitrogens with two attached hydrogens (primary N) is 1. The molecule has 0 aliphatic carbocycles. The zero-order valence-electron chi connectivity index (χ0n) is 11.4. The number of hydrogen-bond acceptors (Lipinski definition) is 5. The SMILES string of the molecule is CCC(CO)Nc1cc(S(=O)(=O)N(C)C)ccc1N. The number of rotatable bonds is 6. The summed E-state index contributed by atoms with van der Waals surface area (Å²) < 4.78 is 25.2. The van der Waals surface area contributed by atoms with E-state index in [1.165, 1.54) is 26.2 Å². The molecule has 1 aromatic rings. The van der Waals surface area contributed by atoms with E-state index in [0.29, 0.717) is 17.8 Å². The summed E-state index contributed by atoms with van der Waals surface area (Å²) in [5.74, 6) is 0. The van der Waals surface area contributed by atoms with Gasteiger partial charge in [-0.1, -0.05) is 6.92 Å². The number of sulfonamides is 1. The summed E-state index contributed by atoms with van der Waals surface area (Å²) in [5.41, 5.74) is 6.78. The van der Waals surface area contributed by atoms with Gasteiger partial charge in [-0.15, -0.1) is 0 Å². The Bertz CT molecular complexity index is 525. The summed E-state index contributed by atoms with van der Waals surface area (Å²) in [6, 6.07) is 4.35. The highest BCUT2D eigenvalue weighted by molar-refractivity contribution is 7.89. The minimum absolute atomic E-state index is 0.0411. The van der Waals surface area contributed by atoms with Gasteiger partial charge in [0.15, 0.2) is 0 Å². The van der Waals surface area contributed by atoms with Crippen LogP contribution in [0.5, 0.6) is 0 Å². The molecule has 0 amide bonds. The van der Waals surface area contributed by atoms with Crippen LogP contribution in [0.4, 0.5) is 11.4 Å². The molecule has 0 bridgehead atoms. The quantitative estimate of drug-likeness (QED) is 0.669. The second-order valence-electron chi connectivity index (χ2n) is 4.47. The first kappa shape index (κ1) is 15.7. The van der Waals surface area contributed by atoms with E-state index < -0.39 is 10.0 Å². The Kier molecular flexibility index (Phi) is 5.16. The molecule has 1 unspecified atom stereocenters. The summed E-state index contributed by atoms with van der Waals surface area (Å²) in [5, 5.41) is 12.2. The molecule has 1 rings (SSSR count). The Hall–Kier alpha value is -1.31. The highest BCUT2D eigenvalue weighted by Gasteiger charge is 2.18. The molecule has 7 heteroatoms. The van der Waals surface area contributed by atoms with Crippen LogP contribution in [0.3, 0.4) is 0 Å². The van der Waals surface area contributed by atoms with E-state index in [2.05, 4.69) is 5.32 Å². The number of aliphatic hydroxyl groups excluding tert-OH is 1. The molecule has 0 spiro atoms. The van der Waals surface area contributed by atoms with Crippen molar-refractivity contribution in [3.05, 3.63) is 18.2 Å². The summed E-state index contributed by atoms with van der Waals surface area (Å²) in [6.07, 6.45) is 0.709. The minimum Gasteiger partial charge on any atom is -0.397 e. The maximum Gasteiger partial charge on any atom is 0.242 e. The van der Waals surface area contributed by atoms with E-state index in [1.54, 1.807) is 6.07 Å². The Balaban J connectivity index is 3.14. The van der Waals surface area contributed by atoms with Crippen molar-refractivity contribution in [2.24, 2.45) is 0 Å². The molecule has 0 aromatic heterocycles. The molecule has 6 nitrogen and oxygen atoms in total. The van der Waals surface area contributed by atoms with Gasteiger partial charge in [0.05, 0.1) is 22.9 Å². The lowest BCUT2D eigenvalue weighted by molar-refractivity contribution is 0.272. The summed E-state index contributed by atoms with van der Waals surface area (Å²) >= 11 is 0. The Morgan fingerprint density at radius 3 is 2.53 bits per heavy atom. The topological polar surface area (TPSA) is 95.7 Å². The fourth-order valence-electron chi connectivity index (χ4n) is 1.53. The highest BCUT2D eigenvalue weighted by Crippen LogP contribution is 2.25. The van der Waals surface area contributed by atoms with Crippen molar-refractivity contribution in [3.8, 4) is 0 Å². The molecule has 0 saturated heterocycles. The number of hydrogen-bond donors (Lipinski definition) is 3. The van der Waals surface area contributed by atoms with Crippen LogP contribution in [-0.4, -0.2) is 44.6 Å². The first-order valence-corrected chi connectivity index (χ1v) is 7.46. The molecule has 0 fully saturated rings. The number of benzene rings is 1. The Morgan fingerprint density at radius 1 is 1.42 bits per heavy atom. The average molecular weight is 287 g/mol. The van der Waals surface area contributed by atoms with Gasteiger partial charge in [0.1, 0.15) is 0 Å². The normalized spacial score (nSPS) is 13.5. The van der Waals surface area contributed by atoms with Crippen molar-refractivity contribution in [1.29, 1.82) is 0 Å². The lowest BCUT2D eigenvalue weighted by Gasteiger charge is -2.19. The third-order valence-corrected chi connectivity index (χ3v) is 4.69. The van der Waals surface area contributed by atoms with Crippen LogP contribution in [0, 0.1) is 0 Å². The van der Waals surface area contributed by atoms with Crippen LogP contribution in [0.2, 0.25) is 0 Å². The molecule has 1 atom stereocenters. The molecular weight excluding hydrogens is 266 g/mol. The van der Waals surface area contributed by atoms with E-state index in [0.717, 1.165) is 4.31 Å². The molecule has 0 aliphatic rings. The number of nitrogens with one attached hydrogen (secondary N) is 1. The fraction of sp³-hybridized carbons (Fsp3) is 0.500. The second-order valence-corrected chi connectivity index (χ2v) is 6.62. The van der Waals surface area contributed by atoms with Crippen molar-refractivity contribution in [3.63, 3.8) is 0 Å². The molecular formula is C12H21N3O3S. The summed E-state index contributed by atoms with van der Waals surface area (Å²) in [6.45, 7) is 1.88. The Labute approximate surface area is 114 Å². The van der Waals surface area contributed by atoms with Gasteiger partial charge >= 0.3 is 0 Å². The predicted molar refractivity (Wildman–Crippen MR) is 76.5 cm³/mol. The van der Waals surface area contributed by atoms with Gasteiger partial charge in [-0.2, -0.15) is 0 Å². The van der Waals surface area contributed by atoms with Gasteiger partial charge < -0.3 is 16.2 Å². The summed E-state index contributed by atoms with van der Waals surface area (Å²) in [7, 11) is -0.543. The average Bonchev–Trinajstić information content (AvgIpc) is 2.37. The minimum atomic E-state index is -3.49. The molecule has 0 saturated carbocycles. The zero-order chi connectivity index (χ0) is 14.6. The molecule has 0 aliphatic heterocycles. The van der Waals surface area contributed by atoms with Crippen LogP contribution in [0.25, 0.3) is 0 Å². The molecule has 4 N–H and O–H groups in total. The number of nitrogen functional groups attached to an aromatic ring is 1. The van der Waals surface area contributed by atoms with Gasteiger partial charge in [-0.05, 0) is 24.6 Å². The number of aliphatic hydroxyl groups is 1. The molecule has 108 valence electrons. The van der Waals surface area contributed by atoms with Crippen molar-refractivity contribution in [1.82, 2.24) is 4.31 Å². The van der Waals surface area contributed by atoms with E-state index in [9.17, 15) is 8.42 Å². The number of anilines is 2. The van der Waals surface area contributed by atoms with E-state index >= 15 is 0 Å². The maximum absolute atomic E-state index is 12.0. The van der Waals surface area contributed by atoms with Crippen molar-refractivity contribution in [2.45, 2.75) is 24.3 Å². The van der Waals surface area contributed by atoms with Gasteiger partial charge in [0.2, 0.25) is 10.0 Å². The van der Waals surface area contributed by atoms with Crippen molar-refractivity contribution >= 4 is 21.4 Å². The highest BCUT2D eigenvalue weighted by atomic mass is 32.2. The monoisotopic (exact) mass is 287 g/mol. The van der Waals surface area contributed by atoms with Crippen molar-refractivity contribution in [2.75, 3.05) is 31.8 Å². The second kappa shape index (κ2) is 6.23. The van der Waals surface area contributed by atoms with E-state index in [-0.39, 0.29) is 17.5 Å². The van der Waals surface area contributed by atoms with Crippen LogP contribution < -0.4 is 11.1 Å². The third kappa shape index (κ3) is 3.59. The first-order valence-electron chi connectivity index (χ1n) is 6.02. The predicted octanol–water partition coefficient (Wildman–Crippen LogP) is 0.702. The van der Waals surface area contributed by atoms with Gasteiger partial charge in [-0.25, -0.2) is 12.7 Å². The van der Waals surface area contributed by atoms with Crippen LogP contribution in [0.15, 0.2) is 23.1 Å².